The summed E-state index contributed by atoms with van der Waals surface area (Å²) in [5.74, 6) is -2.19. The molecule has 0 radical (unpaired) electrons. The van der Waals surface area contributed by atoms with Crippen molar-refractivity contribution in [2.45, 2.75) is 26.3 Å². The molecule has 0 atom stereocenters. The van der Waals surface area contributed by atoms with Gasteiger partial charge in [-0.25, -0.2) is 4.39 Å². The van der Waals surface area contributed by atoms with Crippen LogP contribution in [0.25, 0.3) is 6.08 Å². The van der Waals surface area contributed by atoms with Gasteiger partial charge in [-0.05, 0) is 39.0 Å². The van der Waals surface area contributed by atoms with Crippen LogP contribution in [0, 0.1) is 5.82 Å². The van der Waals surface area contributed by atoms with E-state index in [1.165, 1.54) is 29.2 Å². The summed E-state index contributed by atoms with van der Waals surface area (Å²) in [5.41, 5.74) is -0.574. The molecule has 0 aliphatic carbocycles. The van der Waals surface area contributed by atoms with E-state index >= 15 is 0 Å². The number of carbonyl (C=O) groups excluding carboxylic acids is 1. The Bertz CT molecular complexity index is 559. The molecule has 0 unspecified atom stereocenters. The van der Waals surface area contributed by atoms with Crippen molar-refractivity contribution in [3.05, 3.63) is 40.7 Å². The average molecular weight is 314 g/mol. The number of benzene rings is 1. The smallest absolute Gasteiger partial charge is 0.323 e. The average Bonchev–Trinajstić information content (AvgIpc) is 2.33. The van der Waals surface area contributed by atoms with E-state index in [0.29, 0.717) is 0 Å². The molecule has 0 aromatic heterocycles. The number of halogens is 2. The van der Waals surface area contributed by atoms with E-state index in [9.17, 15) is 14.0 Å². The molecule has 0 aliphatic heterocycles. The van der Waals surface area contributed by atoms with Crippen LogP contribution in [0.2, 0.25) is 5.02 Å². The molecule has 114 valence electrons. The van der Waals surface area contributed by atoms with E-state index in [1.54, 1.807) is 20.8 Å². The van der Waals surface area contributed by atoms with Crippen molar-refractivity contribution < 1.29 is 19.1 Å². The minimum Gasteiger partial charge on any atom is -0.480 e. The van der Waals surface area contributed by atoms with Crippen LogP contribution >= 0.6 is 11.6 Å². The molecule has 0 saturated carbocycles. The first-order valence-corrected chi connectivity index (χ1v) is 6.66. The molecule has 0 spiro atoms. The summed E-state index contributed by atoms with van der Waals surface area (Å²) < 4.78 is 13.6. The molecular formula is C15H17ClFNO3. The molecule has 0 heterocycles. The molecule has 0 bridgehead atoms. The maximum Gasteiger partial charge on any atom is 0.323 e. The highest BCUT2D eigenvalue weighted by atomic mass is 35.5. The van der Waals surface area contributed by atoms with Crippen molar-refractivity contribution in [3.63, 3.8) is 0 Å². The van der Waals surface area contributed by atoms with Crippen LogP contribution in [0.4, 0.5) is 4.39 Å². The Kier molecular flexibility index (Phi) is 5.49. The number of rotatable bonds is 4. The maximum atomic E-state index is 13.6. The topological polar surface area (TPSA) is 57.6 Å². The molecule has 0 saturated heterocycles. The summed E-state index contributed by atoms with van der Waals surface area (Å²) in [6, 6.07) is 4.20. The summed E-state index contributed by atoms with van der Waals surface area (Å²) in [6.07, 6.45) is 2.37. The molecule has 1 aromatic carbocycles. The molecule has 21 heavy (non-hydrogen) atoms. The van der Waals surface area contributed by atoms with Gasteiger partial charge in [-0.15, -0.1) is 0 Å². The normalized spacial score (nSPS) is 11.7. The van der Waals surface area contributed by atoms with Crippen molar-refractivity contribution in [3.8, 4) is 0 Å². The number of hydrogen-bond acceptors (Lipinski definition) is 2. The minimum atomic E-state index is -1.12. The van der Waals surface area contributed by atoms with Gasteiger partial charge in [0.05, 0.1) is 5.02 Å². The van der Waals surface area contributed by atoms with Gasteiger partial charge in [0, 0.05) is 17.2 Å². The summed E-state index contributed by atoms with van der Waals surface area (Å²) in [4.78, 5) is 24.2. The van der Waals surface area contributed by atoms with Crippen molar-refractivity contribution in [1.82, 2.24) is 4.90 Å². The molecule has 6 heteroatoms. The molecular weight excluding hydrogens is 297 g/mol. The zero-order valence-electron chi connectivity index (χ0n) is 12.1. The van der Waals surface area contributed by atoms with Crippen LogP contribution in [-0.2, 0) is 9.59 Å². The van der Waals surface area contributed by atoms with Gasteiger partial charge >= 0.3 is 5.97 Å². The van der Waals surface area contributed by atoms with E-state index in [2.05, 4.69) is 0 Å². The lowest BCUT2D eigenvalue weighted by molar-refractivity contribution is -0.145. The Morgan fingerprint density at radius 2 is 2.00 bits per heavy atom. The lowest BCUT2D eigenvalue weighted by Crippen LogP contribution is -2.47. The number of carboxylic acids is 1. The van der Waals surface area contributed by atoms with Crippen LogP contribution < -0.4 is 0 Å². The number of amides is 1. The first-order valence-electron chi connectivity index (χ1n) is 6.28. The SMILES string of the molecule is CC(C)(C)N(CC(=O)O)C(=O)C=Cc1c(F)cccc1Cl. The fourth-order valence-electron chi connectivity index (χ4n) is 1.70. The van der Waals surface area contributed by atoms with Crippen LogP contribution in [0.5, 0.6) is 0 Å². The molecule has 4 nitrogen and oxygen atoms in total. The Morgan fingerprint density at radius 1 is 1.38 bits per heavy atom. The molecule has 1 aromatic rings. The second-order valence-electron chi connectivity index (χ2n) is 5.46. The van der Waals surface area contributed by atoms with Gasteiger partial charge in [-0.1, -0.05) is 17.7 Å². The third-order valence-corrected chi connectivity index (χ3v) is 3.09. The van der Waals surface area contributed by atoms with Gasteiger partial charge in [-0.2, -0.15) is 0 Å². The second-order valence-corrected chi connectivity index (χ2v) is 5.86. The third-order valence-electron chi connectivity index (χ3n) is 2.76. The number of nitrogens with zero attached hydrogens (tertiary/aromatic N) is 1. The summed E-state index contributed by atoms with van der Waals surface area (Å²) in [6.45, 7) is 4.73. The standard InChI is InChI=1S/C15H17ClFNO3/c1-15(2,3)18(9-14(20)21)13(19)8-7-10-11(16)5-4-6-12(10)17/h4-8H,9H2,1-3H3,(H,20,21). The Labute approximate surface area is 127 Å². The number of hydrogen-bond donors (Lipinski definition) is 1. The van der Waals surface area contributed by atoms with E-state index in [0.717, 1.165) is 6.08 Å². The highest BCUT2D eigenvalue weighted by molar-refractivity contribution is 6.32. The van der Waals surface area contributed by atoms with Crippen molar-refractivity contribution in [2.75, 3.05) is 6.54 Å². The second kappa shape index (κ2) is 6.72. The fourth-order valence-corrected chi connectivity index (χ4v) is 1.92. The minimum absolute atomic E-state index is 0.0942. The molecule has 0 fully saturated rings. The van der Waals surface area contributed by atoms with E-state index in [4.69, 9.17) is 16.7 Å². The van der Waals surface area contributed by atoms with Gasteiger partial charge in [0.2, 0.25) is 5.91 Å². The van der Waals surface area contributed by atoms with Crippen LogP contribution in [0.1, 0.15) is 26.3 Å². The first kappa shape index (κ1) is 17.2. The maximum absolute atomic E-state index is 13.6. The monoisotopic (exact) mass is 313 g/mol. The summed E-state index contributed by atoms with van der Waals surface area (Å²) >= 11 is 5.86. The molecule has 1 rings (SSSR count). The van der Waals surface area contributed by atoms with Gasteiger partial charge in [-0.3, -0.25) is 9.59 Å². The summed E-state index contributed by atoms with van der Waals surface area (Å²) in [5, 5.41) is 9.05. The van der Waals surface area contributed by atoms with Gasteiger partial charge in [0.25, 0.3) is 0 Å². The Hall–Kier alpha value is -1.88. The van der Waals surface area contributed by atoms with E-state index in [-0.39, 0.29) is 10.6 Å². The predicted molar refractivity (Wildman–Crippen MR) is 79.5 cm³/mol. The third kappa shape index (κ3) is 4.86. The zero-order valence-corrected chi connectivity index (χ0v) is 12.8. The molecule has 1 amide bonds. The zero-order chi connectivity index (χ0) is 16.2. The Balaban J connectivity index is 3.01. The quantitative estimate of drug-likeness (QED) is 0.868. The highest BCUT2D eigenvalue weighted by Gasteiger charge is 2.26. The summed E-state index contributed by atoms with van der Waals surface area (Å²) in [7, 11) is 0. The molecule has 1 N–H and O–H groups in total. The number of carboxylic acid groups (broad SMARTS) is 1. The van der Waals surface area contributed by atoms with Gasteiger partial charge in [0.1, 0.15) is 12.4 Å². The number of carbonyl (C=O) groups is 2. The van der Waals surface area contributed by atoms with E-state index in [1.807, 2.05) is 0 Å². The first-order chi connectivity index (χ1) is 9.62. The van der Waals surface area contributed by atoms with Crippen molar-refractivity contribution in [1.29, 1.82) is 0 Å². The molecule has 0 aliphatic rings. The lowest BCUT2D eigenvalue weighted by Gasteiger charge is -2.33. The van der Waals surface area contributed by atoms with Crippen LogP contribution in [0.15, 0.2) is 24.3 Å². The van der Waals surface area contributed by atoms with Gasteiger partial charge < -0.3 is 10.0 Å². The number of aliphatic carboxylic acids is 1. The largest absolute Gasteiger partial charge is 0.480 e. The predicted octanol–water partition coefficient (Wildman–Crippen LogP) is 3.20. The Morgan fingerprint density at radius 3 is 2.48 bits per heavy atom. The van der Waals surface area contributed by atoms with Crippen molar-refractivity contribution in [2.24, 2.45) is 0 Å². The lowest BCUT2D eigenvalue weighted by atomic mass is 10.1. The van der Waals surface area contributed by atoms with Crippen molar-refractivity contribution >= 4 is 29.6 Å². The highest BCUT2D eigenvalue weighted by Crippen LogP contribution is 2.21. The van der Waals surface area contributed by atoms with Crippen LogP contribution in [-0.4, -0.2) is 34.0 Å². The van der Waals surface area contributed by atoms with Gasteiger partial charge in [0.15, 0.2) is 0 Å². The van der Waals surface area contributed by atoms with Crippen LogP contribution in [0.3, 0.4) is 0 Å². The van der Waals surface area contributed by atoms with E-state index < -0.39 is 29.8 Å². The fraction of sp³-hybridized carbons (Fsp3) is 0.333.